The minimum absolute atomic E-state index is 0.186. The highest BCUT2D eigenvalue weighted by atomic mass is 32.1. The number of hydrogen-bond donors (Lipinski definition) is 3. The maximum Gasteiger partial charge on any atom is 0.343 e. The molecule has 1 aliphatic rings. The molecule has 19 heavy (non-hydrogen) atoms. The number of nitrogen functional groups attached to an aromatic ring is 1. The zero-order valence-electron chi connectivity index (χ0n) is 10.9. The van der Waals surface area contributed by atoms with Gasteiger partial charge in [-0.05, 0) is 19.8 Å². The second kappa shape index (κ2) is 5.48. The van der Waals surface area contributed by atoms with E-state index >= 15 is 0 Å². The first-order chi connectivity index (χ1) is 9.08. The van der Waals surface area contributed by atoms with Crippen molar-refractivity contribution in [1.82, 2.24) is 5.32 Å². The van der Waals surface area contributed by atoms with E-state index < -0.39 is 5.97 Å². The average molecular weight is 283 g/mol. The SMILES string of the molecule is CCOC(=O)c1c(NC2CC2)sc(C(=O)NC)c1N. The highest BCUT2D eigenvalue weighted by Crippen LogP contribution is 2.39. The van der Waals surface area contributed by atoms with Crippen LogP contribution in [0.25, 0.3) is 0 Å². The van der Waals surface area contributed by atoms with Gasteiger partial charge in [-0.3, -0.25) is 4.79 Å². The Morgan fingerprint density at radius 2 is 2.16 bits per heavy atom. The Balaban J connectivity index is 2.38. The maximum absolute atomic E-state index is 11.9. The highest BCUT2D eigenvalue weighted by Gasteiger charge is 2.30. The lowest BCUT2D eigenvalue weighted by molar-refractivity contribution is 0.0529. The minimum atomic E-state index is -0.491. The van der Waals surface area contributed by atoms with Gasteiger partial charge in [0.15, 0.2) is 0 Å². The standard InChI is InChI=1S/C12H17N3O3S/c1-3-18-12(17)7-8(13)9(10(16)14-2)19-11(7)15-6-4-5-6/h6,15H,3-5,13H2,1-2H3,(H,14,16). The first kappa shape index (κ1) is 13.7. The molecule has 1 amide bonds. The first-order valence-corrected chi connectivity index (χ1v) is 6.98. The predicted molar refractivity (Wildman–Crippen MR) is 74.7 cm³/mol. The van der Waals surface area contributed by atoms with Gasteiger partial charge in [-0.2, -0.15) is 0 Å². The molecule has 1 fully saturated rings. The summed E-state index contributed by atoms with van der Waals surface area (Å²) >= 11 is 1.19. The number of carbonyl (C=O) groups is 2. The van der Waals surface area contributed by atoms with Crippen LogP contribution in [0.3, 0.4) is 0 Å². The third kappa shape index (κ3) is 2.81. The van der Waals surface area contributed by atoms with Gasteiger partial charge in [0.1, 0.15) is 15.4 Å². The van der Waals surface area contributed by atoms with Crippen LogP contribution in [0, 0.1) is 0 Å². The van der Waals surface area contributed by atoms with E-state index in [9.17, 15) is 9.59 Å². The second-order valence-electron chi connectivity index (χ2n) is 4.27. The monoisotopic (exact) mass is 283 g/mol. The number of esters is 1. The van der Waals surface area contributed by atoms with Crippen LogP contribution in [0.15, 0.2) is 0 Å². The zero-order chi connectivity index (χ0) is 14.0. The van der Waals surface area contributed by atoms with Crippen molar-refractivity contribution in [2.45, 2.75) is 25.8 Å². The molecule has 0 unspecified atom stereocenters. The number of hydrogen-bond acceptors (Lipinski definition) is 6. The molecule has 0 aromatic carbocycles. The highest BCUT2D eigenvalue weighted by molar-refractivity contribution is 7.19. The van der Waals surface area contributed by atoms with Crippen LogP contribution in [0.5, 0.6) is 0 Å². The molecule has 6 nitrogen and oxygen atoms in total. The summed E-state index contributed by atoms with van der Waals surface area (Å²) in [6.45, 7) is 2.00. The average Bonchev–Trinajstić information content (AvgIpc) is 3.12. The smallest absolute Gasteiger partial charge is 0.343 e. The number of rotatable bonds is 5. The molecule has 0 aliphatic heterocycles. The van der Waals surface area contributed by atoms with E-state index in [0.29, 0.717) is 15.9 Å². The quantitative estimate of drug-likeness (QED) is 0.711. The van der Waals surface area contributed by atoms with Gasteiger partial charge in [0.25, 0.3) is 5.91 Å². The van der Waals surface area contributed by atoms with Crippen molar-refractivity contribution in [3.63, 3.8) is 0 Å². The fourth-order valence-corrected chi connectivity index (χ4v) is 2.78. The fraction of sp³-hybridized carbons (Fsp3) is 0.500. The van der Waals surface area contributed by atoms with Crippen LogP contribution in [0.4, 0.5) is 10.7 Å². The molecule has 0 spiro atoms. The van der Waals surface area contributed by atoms with Gasteiger partial charge in [0.2, 0.25) is 0 Å². The van der Waals surface area contributed by atoms with E-state index in [2.05, 4.69) is 10.6 Å². The Bertz CT molecular complexity index is 509. The minimum Gasteiger partial charge on any atom is -0.462 e. The number of carbonyl (C=O) groups excluding carboxylic acids is 2. The van der Waals surface area contributed by atoms with Gasteiger partial charge in [-0.25, -0.2) is 4.79 Å². The molecule has 0 atom stereocenters. The van der Waals surface area contributed by atoms with Gasteiger partial charge in [-0.15, -0.1) is 11.3 Å². The summed E-state index contributed by atoms with van der Waals surface area (Å²) in [6, 6.07) is 0.365. The Hall–Kier alpha value is -1.76. The van der Waals surface area contributed by atoms with Crippen molar-refractivity contribution >= 4 is 33.9 Å². The Morgan fingerprint density at radius 3 is 2.68 bits per heavy atom. The lowest BCUT2D eigenvalue weighted by Crippen LogP contribution is -2.18. The molecule has 1 heterocycles. The number of nitrogens with two attached hydrogens (primary N) is 1. The fourth-order valence-electron chi connectivity index (χ4n) is 1.65. The summed E-state index contributed by atoms with van der Waals surface area (Å²) in [5, 5.41) is 6.36. The molecule has 2 rings (SSSR count). The van der Waals surface area contributed by atoms with Crippen LogP contribution in [-0.2, 0) is 4.74 Å². The van der Waals surface area contributed by atoms with E-state index in [1.54, 1.807) is 6.92 Å². The van der Waals surface area contributed by atoms with Crippen LogP contribution in [0.1, 0.15) is 39.8 Å². The Labute approximate surface area is 115 Å². The van der Waals surface area contributed by atoms with Crippen LogP contribution < -0.4 is 16.4 Å². The lowest BCUT2D eigenvalue weighted by atomic mass is 10.2. The molecular formula is C12H17N3O3S. The van der Waals surface area contributed by atoms with Crippen molar-refractivity contribution in [2.24, 2.45) is 0 Å². The first-order valence-electron chi connectivity index (χ1n) is 6.16. The third-order valence-corrected chi connectivity index (χ3v) is 3.91. The Morgan fingerprint density at radius 1 is 1.47 bits per heavy atom. The summed E-state index contributed by atoms with van der Waals surface area (Å²) in [6.07, 6.45) is 2.13. The molecule has 7 heteroatoms. The molecular weight excluding hydrogens is 266 g/mol. The molecule has 4 N–H and O–H groups in total. The van der Waals surface area contributed by atoms with E-state index in [1.807, 2.05) is 0 Å². The molecule has 1 aliphatic carbocycles. The molecule has 0 saturated heterocycles. The number of amides is 1. The Kier molecular flexibility index (Phi) is 3.94. The number of ether oxygens (including phenoxy) is 1. The number of thiophene rings is 1. The summed E-state index contributed by atoms with van der Waals surface area (Å²) in [4.78, 5) is 24.0. The van der Waals surface area contributed by atoms with Crippen LogP contribution in [-0.4, -0.2) is 31.6 Å². The van der Waals surface area contributed by atoms with Crippen molar-refractivity contribution < 1.29 is 14.3 Å². The predicted octanol–water partition coefficient (Wildman–Crippen LogP) is 1.44. The third-order valence-electron chi connectivity index (χ3n) is 2.77. The number of nitrogens with one attached hydrogen (secondary N) is 2. The van der Waals surface area contributed by atoms with Crippen molar-refractivity contribution in [1.29, 1.82) is 0 Å². The summed E-state index contributed by atoms with van der Waals surface area (Å²) in [5.74, 6) is -0.786. The molecule has 1 saturated carbocycles. The second-order valence-corrected chi connectivity index (χ2v) is 5.29. The molecule has 1 aromatic rings. The van der Waals surface area contributed by atoms with Crippen molar-refractivity contribution in [2.75, 3.05) is 24.7 Å². The lowest BCUT2D eigenvalue weighted by Gasteiger charge is -2.06. The van der Waals surface area contributed by atoms with E-state index in [1.165, 1.54) is 18.4 Å². The molecule has 1 aromatic heterocycles. The summed E-state index contributed by atoms with van der Waals surface area (Å²) < 4.78 is 4.99. The van der Waals surface area contributed by atoms with Crippen molar-refractivity contribution in [3.05, 3.63) is 10.4 Å². The van der Waals surface area contributed by atoms with E-state index in [4.69, 9.17) is 10.5 Å². The zero-order valence-corrected chi connectivity index (χ0v) is 11.7. The normalized spacial score (nSPS) is 14.0. The summed E-state index contributed by atoms with van der Waals surface area (Å²) in [7, 11) is 1.53. The molecule has 0 radical (unpaired) electrons. The van der Waals surface area contributed by atoms with Crippen LogP contribution >= 0.6 is 11.3 Å². The van der Waals surface area contributed by atoms with Gasteiger partial charge >= 0.3 is 5.97 Å². The van der Waals surface area contributed by atoms with Crippen molar-refractivity contribution in [3.8, 4) is 0 Å². The van der Waals surface area contributed by atoms with Gasteiger partial charge in [0.05, 0.1) is 12.3 Å². The van der Waals surface area contributed by atoms with Crippen LogP contribution in [0.2, 0.25) is 0 Å². The van der Waals surface area contributed by atoms with E-state index in [-0.39, 0.29) is 23.8 Å². The molecule has 104 valence electrons. The summed E-state index contributed by atoms with van der Waals surface area (Å²) in [5.41, 5.74) is 6.38. The van der Waals surface area contributed by atoms with Gasteiger partial charge in [0, 0.05) is 13.1 Å². The largest absolute Gasteiger partial charge is 0.462 e. The molecule has 0 bridgehead atoms. The van der Waals surface area contributed by atoms with Gasteiger partial charge < -0.3 is 21.1 Å². The number of anilines is 2. The van der Waals surface area contributed by atoms with Gasteiger partial charge in [-0.1, -0.05) is 0 Å². The topological polar surface area (TPSA) is 93.4 Å². The van der Waals surface area contributed by atoms with E-state index in [0.717, 1.165) is 12.8 Å². The maximum atomic E-state index is 11.9.